The molecule has 0 aliphatic rings. The fourth-order valence-corrected chi connectivity index (χ4v) is 2.44. The minimum Gasteiger partial charge on any atom is -0.325 e. The standard InChI is InChI=1S/C13H16Cl2N4/c1-2-3-13-12(7-16)17-18-19(13)8-9-4-5-10(14)6-11(9)15/h4-6H,2-3,7-8,16H2,1H3. The van der Waals surface area contributed by atoms with Crippen molar-refractivity contribution in [2.45, 2.75) is 32.9 Å². The van der Waals surface area contributed by atoms with Crippen LogP contribution in [0.2, 0.25) is 10.0 Å². The van der Waals surface area contributed by atoms with Gasteiger partial charge >= 0.3 is 0 Å². The lowest BCUT2D eigenvalue weighted by atomic mass is 10.2. The number of nitrogens with two attached hydrogens (primary N) is 1. The molecule has 2 rings (SSSR count). The molecule has 0 spiro atoms. The van der Waals surface area contributed by atoms with E-state index in [9.17, 15) is 0 Å². The molecule has 1 aromatic carbocycles. The summed E-state index contributed by atoms with van der Waals surface area (Å²) in [5.41, 5.74) is 8.58. The molecule has 0 aliphatic carbocycles. The quantitative estimate of drug-likeness (QED) is 0.923. The van der Waals surface area contributed by atoms with Gasteiger partial charge in [-0.2, -0.15) is 0 Å². The number of rotatable bonds is 5. The van der Waals surface area contributed by atoms with Gasteiger partial charge < -0.3 is 5.73 Å². The summed E-state index contributed by atoms with van der Waals surface area (Å²) in [7, 11) is 0. The first-order chi connectivity index (χ1) is 9.15. The number of hydrogen-bond acceptors (Lipinski definition) is 3. The second kappa shape index (κ2) is 6.37. The van der Waals surface area contributed by atoms with Crippen molar-refractivity contribution in [1.29, 1.82) is 0 Å². The summed E-state index contributed by atoms with van der Waals surface area (Å²) in [4.78, 5) is 0. The Balaban J connectivity index is 2.29. The minimum atomic E-state index is 0.406. The van der Waals surface area contributed by atoms with Crippen molar-refractivity contribution in [2.75, 3.05) is 0 Å². The van der Waals surface area contributed by atoms with Gasteiger partial charge in [0.05, 0.1) is 17.9 Å². The molecule has 19 heavy (non-hydrogen) atoms. The van der Waals surface area contributed by atoms with Gasteiger partial charge in [-0.25, -0.2) is 4.68 Å². The van der Waals surface area contributed by atoms with Crippen molar-refractivity contribution < 1.29 is 0 Å². The van der Waals surface area contributed by atoms with E-state index in [4.69, 9.17) is 28.9 Å². The largest absolute Gasteiger partial charge is 0.325 e. The van der Waals surface area contributed by atoms with E-state index < -0.39 is 0 Å². The van der Waals surface area contributed by atoms with E-state index in [1.807, 2.05) is 16.8 Å². The molecule has 0 saturated carbocycles. The number of aromatic nitrogens is 3. The van der Waals surface area contributed by atoms with Crippen molar-refractivity contribution in [2.24, 2.45) is 5.73 Å². The lowest BCUT2D eigenvalue weighted by Crippen LogP contribution is -2.09. The van der Waals surface area contributed by atoms with Gasteiger partial charge in [0, 0.05) is 16.6 Å². The molecule has 0 unspecified atom stereocenters. The molecule has 6 heteroatoms. The molecule has 0 amide bonds. The zero-order valence-electron chi connectivity index (χ0n) is 10.7. The third-order valence-electron chi connectivity index (χ3n) is 2.93. The normalized spacial score (nSPS) is 10.9. The Morgan fingerprint density at radius 2 is 2.11 bits per heavy atom. The molecule has 0 bridgehead atoms. The van der Waals surface area contributed by atoms with Gasteiger partial charge in [-0.15, -0.1) is 5.10 Å². The average molecular weight is 299 g/mol. The summed E-state index contributed by atoms with van der Waals surface area (Å²) in [6.07, 6.45) is 1.93. The average Bonchev–Trinajstić information content (AvgIpc) is 2.76. The highest BCUT2D eigenvalue weighted by atomic mass is 35.5. The summed E-state index contributed by atoms with van der Waals surface area (Å²) < 4.78 is 1.86. The lowest BCUT2D eigenvalue weighted by Gasteiger charge is -2.08. The van der Waals surface area contributed by atoms with Crippen LogP contribution in [-0.2, 0) is 19.5 Å². The van der Waals surface area contributed by atoms with Gasteiger partial charge in [0.25, 0.3) is 0 Å². The van der Waals surface area contributed by atoms with Crippen molar-refractivity contribution in [1.82, 2.24) is 15.0 Å². The van der Waals surface area contributed by atoms with Gasteiger partial charge in [-0.1, -0.05) is 47.8 Å². The molecule has 0 aliphatic heterocycles. The minimum absolute atomic E-state index is 0.406. The number of nitrogens with zero attached hydrogens (tertiary/aromatic N) is 3. The van der Waals surface area contributed by atoms with Crippen LogP contribution in [0.3, 0.4) is 0 Å². The first-order valence-corrected chi connectivity index (χ1v) is 6.96. The first-order valence-electron chi connectivity index (χ1n) is 6.21. The Kier molecular flexibility index (Phi) is 4.80. The molecule has 4 nitrogen and oxygen atoms in total. The van der Waals surface area contributed by atoms with Crippen LogP contribution in [0.15, 0.2) is 18.2 Å². The highest BCUT2D eigenvalue weighted by Gasteiger charge is 2.12. The predicted molar refractivity (Wildman–Crippen MR) is 77.5 cm³/mol. The molecule has 0 atom stereocenters. The third kappa shape index (κ3) is 3.26. The maximum Gasteiger partial charge on any atom is 0.0994 e. The van der Waals surface area contributed by atoms with E-state index >= 15 is 0 Å². The van der Waals surface area contributed by atoms with Crippen LogP contribution in [0, 0.1) is 0 Å². The molecule has 0 fully saturated rings. The van der Waals surface area contributed by atoms with Gasteiger partial charge in [-0.05, 0) is 24.1 Å². The topological polar surface area (TPSA) is 56.7 Å². The Labute approximate surface area is 122 Å². The Morgan fingerprint density at radius 3 is 2.74 bits per heavy atom. The van der Waals surface area contributed by atoms with Crippen molar-refractivity contribution in [3.05, 3.63) is 45.2 Å². The summed E-state index contributed by atoms with van der Waals surface area (Å²) in [5.74, 6) is 0. The van der Waals surface area contributed by atoms with E-state index in [-0.39, 0.29) is 0 Å². The molecule has 1 aromatic heterocycles. The van der Waals surface area contributed by atoms with Crippen molar-refractivity contribution >= 4 is 23.2 Å². The van der Waals surface area contributed by atoms with Gasteiger partial charge in [0.1, 0.15) is 0 Å². The van der Waals surface area contributed by atoms with Crippen LogP contribution >= 0.6 is 23.2 Å². The summed E-state index contributed by atoms with van der Waals surface area (Å²) in [5, 5.41) is 9.54. The molecular formula is C13H16Cl2N4. The Morgan fingerprint density at radius 1 is 1.32 bits per heavy atom. The smallest absolute Gasteiger partial charge is 0.0994 e. The zero-order valence-corrected chi connectivity index (χ0v) is 12.2. The monoisotopic (exact) mass is 298 g/mol. The van der Waals surface area contributed by atoms with Gasteiger partial charge in [0.2, 0.25) is 0 Å². The SMILES string of the molecule is CCCc1c(CN)nnn1Cc1ccc(Cl)cc1Cl. The van der Waals surface area contributed by atoms with Gasteiger partial charge in [0.15, 0.2) is 0 Å². The molecular weight excluding hydrogens is 283 g/mol. The maximum atomic E-state index is 6.18. The summed E-state index contributed by atoms with van der Waals surface area (Å²) in [6.45, 7) is 3.11. The lowest BCUT2D eigenvalue weighted by molar-refractivity contribution is 0.613. The van der Waals surface area contributed by atoms with Crippen LogP contribution in [0.1, 0.15) is 30.3 Å². The molecule has 1 heterocycles. The number of benzene rings is 1. The van der Waals surface area contributed by atoms with E-state index in [1.54, 1.807) is 6.07 Å². The molecule has 0 saturated heterocycles. The van der Waals surface area contributed by atoms with Crippen LogP contribution in [0.4, 0.5) is 0 Å². The molecule has 102 valence electrons. The predicted octanol–water partition coefficient (Wildman–Crippen LogP) is 3.04. The number of halogens is 2. The summed E-state index contributed by atoms with van der Waals surface area (Å²) >= 11 is 12.1. The maximum absolute atomic E-state index is 6.18. The summed E-state index contributed by atoms with van der Waals surface area (Å²) in [6, 6.07) is 5.46. The second-order valence-electron chi connectivity index (χ2n) is 4.33. The van der Waals surface area contributed by atoms with Crippen LogP contribution in [0.25, 0.3) is 0 Å². The van der Waals surface area contributed by atoms with Crippen LogP contribution in [-0.4, -0.2) is 15.0 Å². The van der Waals surface area contributed by atoms with Gasteiger partial charge in [-0.3, -0.25) is 0 Å². The fourth-order valence-electron chi connectivity index (χ4n) is 1.98. The highest BCUT2D eigenvalue weighted by molar-refractivity contribution is 6.35. The third-order valence-corrected chi connectivity index (χ3v) is 3.52. The number of hydrogen-bond donors (Lipinski definition) is 1. The second-order valence-corrected chi connectivity index (χ2v) is 5.17. The van der Waals surface area contributed by atoms with E-state index in [0.717, 1.165) is 29.8 Å². The zero-order chi connectivity index (χ0) is 13.8. The molecule has 2 aromatic rings. The van der Waals surface area contributed by atoms with E-state index in [0.29, 0.717) is 23.1 Å². The Bertz CT molecular complexity index is 566. The van der Waals surface area contributed by atoms with Crippen molar-refractivity contribution in [3.63, 3.8) is 0 Å². The van der Waals surface area contributed by atoms with Crippen molar-refractivity contribution in [3.8, 4) is 0 Å². The fraction of sp³-hybridized carbons (Fsp3) is 0.385. The Hall–Kier alpha value is -1.10. The molecule has 2 N–H and O–H groups in total. The van der Waals surface area contributed by atoms with Crippen LogP contribution < -0.4 is 5.73 Å². The molecule has 0 radical (unpaired) electrons. The van der Waals surface area contributed by atoms with E-state index in [2.05, 4.69) is 17.2 Å². The van der Waals surface area contributed by atoms with E-state index in [1.165, 1.54) is 0 Å². The van der Waals surface area contributed by atoms with Crippen LogP contribution in [0.5, 0.6) is 0 Å². The highest BCUT2D eigenvalue weighted by Crippen LogP contribution is 2.22. The first kappa shape index (κ1) is 14.3.